The number of allylic oxidation sites excluding steroid dienone is 4. The molecule has 0 aromatic heterocycles. The van der Waals surface area contributed by atoms with Crippen molar-refractivity contribution in [2.75, 3.05) is 12.0 Å². The van der Waals surface area contributed by atoms with E-state index in [1.54, 1.807) is 25.1 Å². The zero-order valence-electron chi connectivity index (χ0n) is 22.6. The quantitative estimate of drug-likeness (QED) is 0.362. The fourth-order valence-electron chi connectivity index (χ4n) is 6.64. The number of carbonyl (C=O) groups excluding carboxylic acids is 2. The lowest BCUT2D eigenvalue weighted by molar-refractivity contribution is -0.128. The van der Waals surface area contributed by atoms with E-state index in [1.807, 2.05) is 13.0 Å². The van der Waals surface area contributed by atoms with E-state index in [2.05, 4.69) is 36.7 Å². The van der Waals surface area contributed by atoms with Gasteiger partial charge in [-0.25, -0.2) is 8.78 Å². The first-order chi connectivity index (χ1) is 17.7. The van der Waals surface area contributed by atoms with Gasteiger partial charge in [-0.15, -0.1) is 0 Å². The highest BCUT2D eigenvalue weighted by atomic mass is 35.5. The summed E-state index contributed by atoms with van der Waals surface area (Å²) in [6.07, 6.45) is 5.74. The topological polar surface area (TPSA) is 90.5 Å². The monoisotopic (exact) mass is 549 g/mol. The summed E-state index contributed by atoms with van der Waals surface area (Å²) < 4.78 is 26.2. The van der Waals surface area contributed by atoms with Crippen LogP contribution in [0.5, 0.6) is 0 Å². The van der Waals surface area contributed by atoms with Crippen LogP contribution in [0.25, 0.3) is 0 Å². The maximum atomic E-state index is 14.0. The minimum Gasteiger partial charge on any atom is -0.390 e. The van der Waals surface area contributed by atoms with Crippen LogP contribution in [0.1, 0.15) is 59.4 Å². The first-order valence-corrected chi connectivity index (χ1v) is 13.5. The van der Waals surface area contributed by atoms with Crippen LogP contribution in [-0.2, 0) is 15.0 Å². The van der Waals surface area contributed by atoms with Gasteiger partial charge in [0.2, 0.25) is 11.8 Å². The summed E-state index contributed by atoms with van der Waals surface area (Å²) in [4.78, 5) is 27.8. The standard InChI is InChI=1S/C29H38ClF2N3O3/c1-16(7-6-8-18(32)15-31)23-24(25(36)33-19-12-28(5,38)13-19)35-22(14-27(2,3)4)29(23)20-10-9-17(30)11-21(20)34-26(29)37/h6-11,16,19,22-24,35,38H,12-15H2,1-5H3,(H,33,36)(H,34,37)/b7-6-,18-8+/t16?,19?,22-,23-,24+,28?,29+/m0/s1. The van der Waals surface area contributed by atoms with E-state index in [9.17, 15) is 23.5 Å². The van der Waals surface area contributed by atoms with Gasteiger partial charge < -0.3 is 21.1 Å². The van der Waals surface area contributed by atoms with Crippen molar-refractivity contribution in [1.29, 1.82) is 0 Å². The Bertz CT molecular complexity index is 1150. The third kappa shape index (κ3) is 5.40. The number of amides is 2. The lowest BCUT2D eigenvalue weighted by Gasteiger charge is -2.42. The number of fused-ring (bicyclic) bond motifs is 2. The molecule has 1 aromatic rings. The molecule has 2 aliphatic heterocycles. The molecule has 1 saturated heterocycles. The number of anilines is 1. The van der Waals surface area contributed by atoms with Crippen LogP contribution in [0.2, 0.25) is 5.02 Å². The lowest BCUT2D eigenvalue weighted by Crippen LogP contribution is -2.58. The van der Waals surface area contributed by atoms with Gasteiger partial charge in [0.05, 0.1) is 17.1 Å². The summed E-state index contributed by atoms with van der Waals surface area (Å²) in [5, 5.41) is 20.3. The van der Waals surface area contributed by atoms with Gasteiger partial charge in [-0.3, -0.25) is 9.59 Å². The normalized spacial score (nSPS) is 33.8. The molecule has 38 heavy (non-hydrogen) atoms. The van der Waals surface area contributed by atoms with Gasteiger partial charge >= 0.3 is 0 Å². The summed E-state index contributed by atoms with van der Waals surface area (Å²) in [6, 6.07) is 4.03. The molecule has 2 heterocycles. The maximum absolute atomic E-state index is 14.0. The lowest BCUT2D eigenvalue weighted by atomic mass is 9.61. The highest BCUT2D eigenvalue weighted by Gasteiger charge is 2.66. The highest BCUT2D eigenvalue weighted by molar-refractivity contribution is 6.31. The maximum Gasteiger partial charge on any atom is 0.237 e. The smallest absolute Gasteiger partial charge is 0.237 e. The average molecular weight is 550 g/mol. The molecule has 0 radical (unpaired) electrons. The van der Waals surface area contributed by atoms with E-state index in [4.69, 9.17) is 11.6 Å². The van der Waals surface area contributed by atoms with Crippen molar-refractivity contribution in [3.8, 4) is 0 Å². The van der Waals surface area contributed by atoms with E-state index in [0.717, 1.165) is 11.6 Å². The molecule has 5 atom stereocenters. The fraction of sp³-hybridized carbons (Fsp3) is 0.586. The molecule has 1 aromatic carbocycles. The van der Waals surface area contributed by atoms with Crippen LogP contribution in [0, 0.1) is 17.3 Å². The number of carbonyl (C=O) groups is 2. The number of nitrogens with one attached hydrogen (secondary N) is 3. The Labute approximate surface area is 228 Å². The number of alkyl halides is 1. The third-order valence-electron chi connectivity index (χ3n) is 8.07. The van der Waals surface area contributed by atoms with Crippen LogP contribution < -0.4 is 16.0 Å². The van der Waals surface area contributed by atoms with E-state index in [0.29, 0.717) is 30.0 Å². The zero-order chi connectivity index (χ0) is 28.0. The number of aliphatic hydroxyl groups is 1. The number of hydrogen-bond acceptors (Lipinski definition) is 4. The van der Waals surface area contributed by atoms with Crippen molar-refractivity contribution in [2.45, 2.75) is 83.0 Å². The molecule has 2 fully saturated rings. The molecule has 1 saturated carbocycles. The van der Waals surface area contributed by atoms with E-state index < -0.39 is 35.5 Å². The molecule has 0 bridgehead atoms. The van der Waals surface area contributed by atoms with Crippen molar-refractivity contribution in [1.82, 2.24) is 10.6 Å². The zero-order valence-corrected chi connectivity index (χ0v) is 23.3. The minimum atomic E-state index is -1.20. The first kappa shape index (κ1) is 28.7. The Kier molecular flexibility index (Phi) is 7.83. The van der Waals surface area contributed by atoms with Gasteiger partial charge in [-0.05, 0) is 61.3 Å². The molecule has 208 valence electrons. The van der Waals surface area contributed by atoms with Crippen molar-refractivity contribution in [2.24, 2.45) is 17.3 Å². The van der Waals surface area contributed by atoms with Gasteiger partial charge in [0.25, 0.3) is 0 Å². The van der Waals surface area contributed by atoms with E-state index in [-0.39, 0.29) is 35.2 Å². The molecule has 3 aliphatic rings. The summed E-state index contributed by atoms with van der Waals surface area (Å²) >= 11 is 6.27. The number of halogens is 3. The van der Waals surface area contributed by atoms with Crippen LogP contribution in [0.3, 0.4) is 0 Å². The molecule has 4 N–H and O–H groups in total. The second-order valence-corrected chi connectivity index (χ2v) is 13.0. The Balaban J connectivity index is 1.81. The second-order valence-electron chi connectivity index (χ2n) is 12.6. The Morgan fingerprint density at radius 1 is 1.34 bits per heavy atom. The summed E-state index contributed by atoms with van der Waals surface area (Å²) in [6.45, 7) is 8.69. The van der Waals surface area contributed by atoms with Crippen molar-refractivity contribution >= 4 is 29.1 Å². The molecule has 4 rings (SSSR count). The summed E-state index contributed by atoms with van der Waals surface area (Å²) in [5.74, 6) is -2.27. The van der Waals surface area contributed by atoms with Gasteiger partial charge in [-0.1, -0.05) is 57.5 Å². The van der Waals surface area contributed by atoms with Crippen molar-refractivity contribution in [3.05, 3.63) is 52.8 Å². The summed E-state index contributed by atoms with van der Waals surface area (Å²) in [5.41, 5.74) is -0.695. The molecule has 1 unspecified atom stereocenters. The van der Waals surface area contributed by atoms with Crippen LogP contribution in [0.15, 0.2) is 42.3 Å². The molecular formula is C29H38ClF2N3O3. The third-order valence-corrected chi connectivity index (χ3v) is 8.31. The fourth-order valence-corrected chi connectivity index (χ4v) is 6.81. The van der Waals surface area contributed by atoms with Gasteiger partial charge in [0.1, 0.15) is 12.5 Å². The van der Waals surface area contributed by atoms with Crippen LogP contribution in [0.4, 0.5) is 14.5 Å². The molecule has 1 aliphatic carbocycles. The van der Waals surface area contributed by atoms with Crippen molar-refractivity contribution in [3.63, 3.8) is 0 Å². The minimum absolute atomic E-state index is 0.159. The van der Waals surface area contributed by atoms with Crippen LogP contribution >= 0.6 is 11.6 Å². The highest BCUT2D eigenvalue weighted by Crippen LogP contribution is 2.55. The number of hydrogen-bond donors (Lipinski definition) is 4. The van der Waals surface area contributed by atoms with Crippen molar-refractivity contribution < 1.29 is 23.5 Å². The Hall–Kier alpha value is -2.29. The summed E-state index contributed by atoms with van der Waals surface area (Å²) in [7, 11) is 0. The predicted molar refractivity (Wildman–Crippen MR) is 145 cm³/mol. The Morgan fingerprint density at radius 2 is 2.03 bits per heavy atom. The van der Waals surface area contributed by atoms with Gasteiger partial charge in [0, 0.05) is 28.7 Å². The molecule has 2 amide bonds. The predicted octanol–water partition coefficient (Wildman–Crippen LogP) is 4.97. The first-order valence-electron chi connectivity index (χ1n) is 13.2. The second kappa shape index (κ2) is 10.4. The molecular weight excluding hydrogens is 512 g/mol. The number of benzene rings is 1. The SMILES string of the molecule is CC(/C=C\C=C(\F)CF)[C@H]1[C@H](C(=O)NC2CC(C)(O)C2)N[C@@H](CC(C)(C)C)[C@@]12C(=O)Nc1cc(Cl)ccc12. The van der Waals surface area contributed by atoms with E-state index in [1.165, 1.54) is 6.08 Å². The number of rotatable bonds is 7. The average Bonchev–Trinajstić information content (AvgIpc) is 3.26. The van der Waals surface area contributed by atoms with Crippen LogP contribution in [-0.4, -0.2) is 47.3 Å². The van der Waals surface area contributed by atoms with Gasteiger partial charge in [-0.2, -0.15) is 0 Å². The molecule has 1 spiro atoms. The Morgan fingerprint density at radius 3 is 2.63 bits per heavy atom. The largest absolute Gasteiger partial charge is 0.390 e. The molecule has 6 nitrogen and oxygen atoms in total. The van der Waals surface area contributed by atoms with Gasteiger partial charge in [0.15, 0.2) is 0 Å². The molecule has 9 heteroatoms. The van der Waals surface area contributed by atoms with E-state index >= 15 is 0 Å².